The van der Waals surface area contributed by atoms with Gasteiger partial charge in [-0.15, -0.1) is 0 Å². The summed E-state index contributed by atoms with van der Waals surface area (Å²) < 4.78 is 52.7. The third-order valence-electron chi connectivity index (χ3n) is 5.89. The van der Waals surface area contributed by atoms with Crippen molar-refractivity contribution in [3.8, 4) is 0 Å². The van der Waals surface area contributed by atoms with Gasteiger partial charge in [-0.2, -0.15) is 13.2 Å². The Labute approximate surface area is 175 Å². The first kappa shape index (κ1) is 21.3. The second-order valence-corrected chi connectivity index (χ2v) is 7.91. The molecule has 2 aromatic carbocycles. The van der Waals surface area contributed by atoms with E-state index in [9.17, 15) is 32.3 Å². The van der Waals surface area contributed by atoms with E-state index < -0.39 is 41.2 Å². The molecule has 2 aromatic rings. The molecule has 0 aromatic heterocycles. The SMILES string of the molecule is O=C(Nc1cccc2c1[C@H](C1CCCC[C@@H]1O)NC2=O)c1cc(F)cc(C(F)(F)F)c1. The maximum Gasteiger partial charge on any atom is 0.416 e. The second kappa shape index (κ2) is 7.96. The third-order valence-corrected chi connectivity index (χ3v) is 5.89. The molecule has 164 valence electrons. The average Bonchev–Trinajstić information content (AvgIpc) is 3.05. The summed E-state index contributed by atoms with van der Waals surface area (Å²) in [6, 6.07) is 5.74. The number of aliphatic hydroxyl groups is 1. The molecule has 1 heterocycles. The highest BCUT2D eigenvalue weighted by atomic mass is 19.4. The first-order valence-corrected chi connectivity index (χ1v) is 9.96. The second-order valence-electron chi connectivity index (χ2n) is 7.91. The fourth-order valence-electron chi connectivity index (χ4n) is 4.43. The Hall–Kier alpha value is -2.94. The van der Waals surface area contributed by atoms with Gasteiger partial charge >= 0.3 is 6.18 Å². The van der Waals surface area contributed by atoms with Crippen LogP contribution in [0.3, 0.4) is 0 Å². The van der Waals surface area contributed by atoms with E-state index >= 15 is 0 Å². The number of carbonyl (C=O) groups excluding carboxylic acids is 2. The first-order chi connectivity index (χ1) is 14.6. The van der Waals surface area contributed by atoms with E-state index in [2.05, 4.69) is 10.6 Å². The molecule has 3 atom stereocenters. The van der Waals surface area contributed by atoms with Crippen LogP contribution in [0.15, 0.2) is 36.4 Å². The minimum Gasteiger partial charge on any atom is -0.393 e. The van der Waals surface area contributed by atoms with Crippen molar-refractivity contribution in [2.75, 3.05) is 5.32 Å². The van der Waals surface area contributed by atoms with Gasteiger partial charge < -0.3 is 15.7 Å². The number of hydrogen-bond acceptors (Lipinski definition) is 3. The molecular weight excluding hydrogens is 416 g/mol. The molecule has 31 heavy (non-hydrogen) atoms. The van der Waals surface area contributed by atoms with E-state index in [0.717, 1.165) is 18.9 Å². The number of carbonyl (C=O) groups is 2. The van der Waals surface area contributed by atoms with Gasteiger partial charge in [0.15, 0.2) is 0 Å². The van der Waals surface area contributed by atoms with Gasteiger partial charge in [-0.3, -0.25) is 9.59 Å². The monoisotopic (exact) mass is 436 g/mol. The summed E-state index contributed by atoms with van der Waals surface area (Å²) in [6.07, 6.45) is -2.36. The molecule has 1 saturated carbocycles. The standard InChI is InChI=1S/C22H20F4N2O3/c23-13-9-11(8-12(10-13)22(24,25)26)20(30)27-16-6-3-5-15-18(16)19(28-21(15)31)14-4-1-2-7-17(14)29/h3,5-6,8-10,14,17,19,29H,1-2,4,7H2,(H,27,30)(H,28,31)/t14?,17-,19-/m0/s1. The summed E-state index contributed by atoms with van der Waals surface area (Å²) in [5.41, 5.74) is -0.705. The van der Waals surface area contributed by atoms with Gasteiger partial charge in [0.1, 0.15) is 5.82 Å². The number of halogens is 4. The van der Waals surface area contributed by atoms with Crippen LogP contribution in [0, 0.1) is 11.7 Å². The minimum atomic E-state index is -4.80. The highest BCUT2D eigenvalue weighted by molar-refractivity contribution is 6.07. The molecule has 1 aliphatic carbocycles. The van der Waals surface area contributed by atoms with E-state index in [1.54, 1.807) is 12.1 Å². The van der Waals surface area contributed by atoms with Crippen LogP contribution in [0.2, 0.25) is 0 Å². The molecule has 3 N–H and O–H groups in total. The van der Waals surface area contributed by atoms with Crippen LogP contribution in [0.1, 0.15) is 63.6 Å². The normalized spacial score (nSPS) is 23.3. The summed E-state index contributed by atoms with van der Waals surface area (Å²) in [5.74, 6) is -2.71. The van der Waals surface area contributed by atoms with Crippen molar-refractivity contribution in [3.05, 3.63) is 64.5 Å². The van der Waals surface area contributed by atoms with E-state index in [4.69, 9.17) is 0 Å². The van der Waals surface area contributed by atoms with E-state index in [1.165, 1.54) is 6.07 Å². The van der Waals surface area contributed by atoms with E-state index in [0.29, 0.717) is 36.1 Å². The summed E-state index contributed by atoms with van der Waals surface area (Å²) in [4.78, 5) is 25.1. The number of benzene rings is 2. The molecular formula is C22H20F4N2O3. The van der Waals surface area contributed by atoms with Crippen LogP contribution in [0.25, 0.3) is 0 Å². The zero-order chi connectivity index (χ0) is 22.3. The van der Waals surface area contributed by atoms with E-state index in [-0.39, 0.29) is 17.5 Å². The fourth-order valence-corrected chi connectivity index (χ4v) is 4.43. The average molecular weight is 436 g/mol. The molecule has 0 spiro atoms. The third kappa shape index (κ3) is 4.14. The van der Waals surface area contributed by atoms with Crippen LogP contribution >= 0.6 is 0 Å². The lowest BCUT2D eigenvalue weighted by Gasteiger charge is -2.33. The number of amides is 2. The van der Waals surface area contributed by atoms with Crippen molar-refractivity contribution in [3.63, 3.8) is 0 Å². The number of hydrogen-bond donors (Lipinski definition) is 3. The smallest absolute Gasteiger partial charge is 0.393 e. The molecule has 2 aliphatic rings. The predicted octanol–water partition coefficient (Wildman–Crippen LogP) is 4.43. The Morgan fingerprint density at radius 3 is 2.58 bits per heavy atom. The zero-order valence-corrected chi connectivity index (χ0v) is 16.3. The molecule has 4 rings (SSSR count). The Morgan fingerprint density at radius 2 is 1.87 bits per heavy atom. The van der Waals surface area contributed by atoms with Gasteiger partial charge in [0.2, 0.25) is 0 Å². The highest BCUT2D eigenvalue weighted by Crippen LogP contribution is 2.42. The number of aliphatic hydroxyl groups excluding tert-OH is 1. The van der Waals surface area contributed by atoms with Gasteiger partial charge in [-0.25, -0.2) is 4.39 Å². The predicted molar refractivity (Wildman–Crippen MR) is 104 cm³/mol. The van der Waals surface area contributed by atoms with Crippen LogP contribution in [0.5, 0.6) is 0 Å². The number of fused-ring (bicyclic) bond motifs is 1. The van der Waals surface area contributed by atoms with Crippen molar-refractivity contribution in [1.82, 2.24) is 5.32 Å². The van der Waals surface area contributed by atoms with Crippen LogP contribution in [-0.4, -0.2) is 23.0 Å². The van der Waals surface area contributed by atoms with Crippen molar-refractivity contribution in [1.29, 1.82) is 0 Å². The van der Waals surface area contributed by atoms with Crippen molar-refractivity contribution in [2.24, 2.45) is 5.92 Å². The largest absolute Gasteiger partial charge is 0.416 e. The number of alkyl halides is 3. The van der Waals surface area contributed by atoms with Crippen molar-refractivity contribution in [2.45, 2.75) is 44.0 Å². The van der Waals surface area contributed by atoms with Gasteiger partial charge in [0.05, 0.1) is 17.7 Å². The fraction of sp³-hybridized carbons (Fsp3) is 0.364. The maximum absolute atomic E-state index is 13.7. The molecule has 0 radical (unpaired) electrons. The summed E-state index contributed by atoms with van der Waals surface area (Å²) in [5, 5.41) is 15.8. The lowest BCUT2D eigenvalue weighted by molar-refractivity contribution is -0.137. The van der Waals surface area contributed by atoms with Gasteiger partial charge in [-0.1, -0.05) is 18.9 Å². The van der Waals surface area contributed by atoms with Crippen LogP contribution in [0.4, 0.5) is 23.2 Å². The number of anilines is 1. The van der Waals surface area contributed by atoms with Crippen LogP contribution in [-0.2, 0) is 6.18 Å². The van der Waals surface area contributed by atoms with Crippen LogP contribution < -0.4 is 10.6 Å². The van der Waals surface area contributed by atoms with Crippen molar-refractivity contribution < 1.29 is 32.3 Å². The Bertz CT molecular complexity index is 1040. The first-order valence-electron chi connectivity index (χ1n) is 9.96. The number of rotatable bonds is 3. The Kier molecular flexibility index (Phi) is 5.47. The molecule has 0 saturated heterocycles. The Balaban J connectivity index is 1.67. The number of nitrogens with one attached hydrogen (secondary N) is 2. The zero-order valence-electron chi connectivity index (χ0n) is 16.3. The lowest BCUT2D eigenvalue weighted by Crippen LogP contribution is -2.35. The molecule has 5 nitrogen and oxygen atoms in total. The molecule has 0 bridgehead atoms. The van der Waals surface area contributed by atoms with Gasteiger partial charge in [0, 0.05) is 28.3 Å². The van der Waals surface area contributed by atoms with Gasteiger partial charge in [0.25, 0.3) is 11.8 Å². The maximum atomic E-state index is 13.7. The highest BCUT2D eigenvalue weighted by Gasteiger charge is 2.40. The molecule has 1 aliphatic heterocycles. The summed E-state index contributed by atoms with van der Waals surface area (Å²) in [6.45, 7) is 0. The van der Waals surface area contributed by atoms with Gasteiger partial charge in [-0.05, 0) is 43.2 Å². The Morgan fingerprint density at radius 1 is 1.13 bits per heavy atom. The lowest BCUT2D eigenvalue weighted by atomic mass is 9.79. The molecule has 9 heteroatoms. The quantitative estimate of drug-likeness (QED) is 0.623. The molecule has 1 fully saturated rings. The van der Waals surface area contributed by atoms with E-state index in [1.807, 2.05) is 0 Å². The van der Waals surface area contributed by atoms with Crippen molar-refractivity contribution >= 4 is 17.5 Å². The topological polar surface area (TPSA) is 78.4 Å². The molecule has 1 unspecified atom stereocenters. The summed E-state index contributed by atoms with van der Waals surface area (Å²) >= 11 is 0. The minimum absolute atomic E-state index is 0.237. The molecule has 2 amide bonds. The summed E-state index contributed by atoms with van der Waals surface area (Å²) in [7, 11) is 0.